The second-order valence-corrected chi connectivity index (χ2v) is 3.82. The van der Waals surface area contributed by atoms with Gasteiger partial charge in [-0.3, -0.25) is 9.59 Å². The lowest BCUT2D eigenvalue weighted by Crippen LogP contribution is -2.28. The number of primary amides is 1. The molecule has 1 saturated heterocycles. The highest BCUT2D eigenvalue weighted by atomic mass is 16.2. The molecule has 0 bridgehead atoms. The van der Waals surface area contributed by atoms with Crippen LogP contribution >= 0.6 is 0 Å². The highest BCUT2D eigenvalue weighted by molar-refractivity contribution is 5.99. The van der Waals surface area contributed by atoms with Crippen LogP contribution in [0.15, 0.2) is 18.3 Å². The minimum absolute atomic E-state index is 0.134. The SMILES string of the molecule is N#Cc1ccc(N2CC(C(N)=O)CC2=O)cn1. The number of nitrogens with two attached hydrogens (primary N) is 1. The monoisotopic (exact) mass is 230 g/mol. The molecule has 2 amide bonds. The van der Waals surface area contributed by atoms with Crippen molar-refractivity contribution in [2.45, 2.75) is 6.42 Å². The van der Waals surface area contributed by atoms with Gasteiger partial charge in [0.2, 0.25) is 11.8 Å². The number of hydrogen-bond donors (Lipinski definition) is 1. The van der Waals surface area contributed by atoms with E-state index in [2.05, 4.69) is 4.98 Å². The average molecular weight is 230 g/mol. The van der Waals surface area contributed by atoms with Crippen molar-refractivity contribution < 1.29 is 9.59 Å². The first-order valence-corrected chi connectivity index (χ1v) is 5.07. The average Bonchev–Trinajstić information content (AvgIpc) is 2.72. The Hall–Kier alpha value is -2.42. The molecule has 2 N–H and O–H groups in total. The van der Waals surface area contributed by atoms with Gasteiger partial charge in [-0.1, -0.05) is 0 Å². The van der Waals surface area contributed by atoms with E-state index in [9.17, 15) is 9.59 Å². The number of hydrogen-bond acceptors (Lipinski definition) is 4. The van der Waals surface area contributed by atoms with Gasteiger partial charge in [0.1, 0.15) is 11.8 Å². The molecule has 6 heteroatoms. The zero-order chi connectivity index (χ0) is 12.4. The minimum atomic E-state index is -0.470. The highest BCUT2D eigenvalue weighted by Gasteiger charge is 2.33. The maximum atomic E-state index is 11.7. The van der Waals surface area contributed by atoms with Crippen LogP contribution in [0.1, 0.15) is 12.1 Å². The van der Waals surface area contributed by atoms with Crippen molar-refractivity contribution in [3.63, 3.8) is 0 Å². The van der Waals surface area contributed by atoms with Gasteiger partial charge in [0.15, 0.2) is 0 Å². The third-order valence-corrected chi connectivity index (χ3v) is 2.70. The van der Waals surface area contributed by atoms with Crippen molar-refractivity contribution in [2.75, 3.05) is 11.4 Å². The van der Waals surface area contributed by atoms with E-state index in [1.165, 1.54) is 17.2 Å². The van der Waals surface area contributed by atoms with Crippen LogP contribution in [0.4, 0.5) is 5.69 Å². The van der Waals surface area contributed by atoms with Crippen LogP contribution in [-0.4, -0.2) is 23.3 Å². The topological polar surface area (TPSA) is 100 Å². The van der Waals surface area contributed by atoms with Gasteiger partial charge in [-0.15, -0.1) is 0 Å². The molecule has 2 heterocycles. The lowest BCUT2D eigenvalue weighted by molar-refractivity contribution is -0.123. The van der Waals surface area contributed by atoms with Crippen LogP contribution in [0, 0.1) is 17.2 Å². The number of carbonyl (C=O) groups excluding carboxylic acids is 2. The molecule has 2 rings (SSSR count). The number of carbonyl (C=O) groups is 2. The fourth-order valence-corrected chi connectivity index (χ4v) is 1.76. The Bertz CT molecular complexity index is 503. The van der Waals surface area contributed by atoms with Crippen LogP contribution in [0.25, 0.3) is 0 Å². The van der Waals surface area contributed by atoms with Crippen LogP contribution in [-0.2, 0) is 9.59 Å². The van der Waals surface area contributed by atoms with Crippen molar-refractivity contribution in [2.24, 2.45) is 11.7 Å². The first kappa shape index (κ1) is 11.1. The molecule has 1 fully saturated rings. The Morgan fingerprint density at radius 2 is 2.35 bits per heavy atom. The summed E-state index contributed by atoms with van der Waals surface area (Å²) in [4.78, 5) is 28.0. The molecule has 1 unspecified atom stereocenters. The summed E-state index contributed by atoms with van der Waals surface area (Å²) < 4.78 is 0. The van der Waals surface area contributed by atoms with Crippen molar-refractivity contribution in [1.82, 2.24) is 4.98 Å². The minimum Gasteiger partial charge on any atom is -0.369 e. The summed E-state index contributed by atoms with van der Waals surface area (Å²) in [6, 6.07) is 5.05. The zero-order valence-electron chi connectivity index (χ0n) is 8.96. The number of amides is 2. The first-order chi connectivity index (χ1) is 8.11. The molecule has 17 heavy (non-hydrogen) atoms. The van der Waals surface area contributed by atoms with Gasteiger partial charge in [-0.05, 0) is 12.1 Å². The molecule has 0 spiro atoms. The number of anilines is 1. The molecule has 0 aromatic carbocycles. The maximum absolute atomic E-state index is 11.7. The Labute approximate surface area is 97.7 Å². The molecule has 1 aromatic rings. The van der Waals surface area contributed by atoms with Crippen molar-refractivity contribution >= 4 is 17.5 Å². The quantitative estimate of drug-likeness (QED) is 0.759. The fourth-order valence-electron chi connectivity index (χ4n) is 1.76. The normalized spacial score (nSPS) is 19.1. The molecule has 1 aromatic heterocycles. The molecule has 0 saturated carbocycles. The Morgan fingerprint density at radius 3 is 2.82 bits per heavy atom. The Kier molecular flexibility index (Phi) is 2.75. The molecule has 1 atom stereocenters. The standard InChI is InChI=1S/C11H10N4O2/c12-4-8-1-2-9(5-14-8)15-6-7(11(13)17)3-10(15)16/h1-2,5,7H,3,6H2,(H2,13,17). The zero-order valence-corrected chi connectivity index (χ0v) is 8.96. The van der Waals surface area contributed by atoms with E-state index in [1.54, 1.807) is 6.07 Å². The van der Waals surface area contributed by atoms with E-state index < -0.39 is 11.8 Å². The molecule has 1 aliphatic rings. The Balaban J connectivity index is 2.20. The number of aromatic nitrogens is 1. The van der Waals surface area contributed by atoms with Crippen LogP contribution in [0.5, 0.6) is 0 Å². The number of rotatable bonds is 2. The van der Waals surface area contributed by atoms with Gasteiger partial charge < -0.3 is 10.6 Å². The van der Waals surface area contributed by atoms with Gasteiger partial charge in [0.25, 0.3) is 0 Å². The lowest BCUT2D eigenvalue weighted by atomic mass is 10.1. The second-order valence-electron chi connectivity index (χ2n) is 3.82. The summed E-state index contributed by atoms with van der Waals surface area (Å²) in [5, 5.41) is 8.61. The smallest absolute Gasteiger partial charge is 0.227 e. The van der Waals surface area contributed by atoms with Gasteiger partial charge in [-0.25, -0.2) is 4.98 Å². The molecule has 1 aliphatic heterocycles. The van der Waals surface area contributed by atoms with E-state index >= 15 is 0 Å². The van der Waals surface area contributed by atoms with Gasteiger partial charge in [0.05, 0.1) is 17.8 Å². The third-order valence-electron chi connectivity index (χ3n) is 2.70. The molecular formula is C11H10N4O2. The third kappa shape index (κ3) is 2.08. The number of nitrogens with zero attached hydrogens (tertiary/aromatic N) is 3. The number of pyridine rings is 1. The van der Waals surface area contributed by atoms with Crippen molar-refractivity contribution in [1.29, 1.82) is 5.26 Å². The predicted molar refractivity (Wildman–Crippen MR) is 58.6 cm³/mol. The summed E-state index contributed by atoms with van der Waals surface area (Å²) in [6.45, 7) is 0.280. The van der Waals surface area contributed by atoms with Gasteiger partial charge in [0, 0.05) is 13.0 Å². The summed E-state index contributed by atoms with van der Waals surface area (Å²) in [6.07, 6.45) is 1.58. The van der Waals surface area contributed by atoms with Crippen molar-refractivity contribution in [3.8, 4) is 6.07 Å². The maximum Gasteiger partial charge on any atom is 0.227 e. The largest absolute Gasteiger partial charge is 0.369 e. The summed E-state index contributed by atoms with van der Waals surface area (Å²) in [5.74, 6) is -1.07. The van der Waals surface area contributed by atoms with Crippen LogP contribution in [0.2, 0.25) is 0 Å². The fraction of sp³-hybridized carbons (Fsp3) is 0.273. The molecule has 0 aliphatic carbocycles. The predicted octanol–water partition coefficient (Wildman–Crippen LogP) is -0.209. The van der Waals surface area contributed by atoms with Gasteiger partial charge in [-0.2, -0.15) is 5.26 Å². The first-order valence-electron chi connectivity index (χ1n) is 5.07. The summed E-state index contributed by atoms with van der Waals surface area (Å²) in [7, 11) is 0. The molecule has 0 radical (unpaired) electrons. The van der Waals surface area contributed by atoms with E-state index in [0.29, 0.717) is 5.69 Å². The van der Waals surface area contributed by atoms with E-state index in [1.807, 2.05) is 6.07 Å². The Morgan fingerprint density at radius 1 is 1.59 bits per heavy atom. The van der Waals surface area contributed by atoms with Crippen LogP contribution < -0.4 is 10.6 Å². The second kappa shape index (κ2) is 4.22. The molecule has 6 nitrogen and oxygen atoms in total. The summed E-state index contributed by atoms with van der Waals surface area (Å²) >= 11 is 0. The van der Waals surface area contributed by atoms with Crippen LogP contribution in [0.3, 0.4) is 0 Å². The lowest BCUT2D eigenvalue weighted by Gasteiger charge is -2.15. The van der Waals surface area contributed by atoms with E-state index in [-0.39, 0.29) is 24.6 Å². The van der Waals surface area contributed by atoms with Crippen molar-refractivity contribution in [3.05, 3.63) is 24.0 Å². The van der Waals surface area contributed by atoms with Gasteiger partial charge >= 0.3 is 0 Å². The van der Waals surface area contributed by atoms with E-state index in [0.717, 1.165) is 0 Å². The van der Waals surface area contributed by atoms with E-state index in [4.69, 9.17) is 11.0 Å². The molecule has 86 valence electrons. The number of nitriles is 1. The summed E-state index contributed by atoms with van der Waals surface area (Å²) in [5.41, 5.74) is 6.03. The highest BCUT2D eigenvalue weighted by Crippen LogP contribution is 2.24. The molecular weight excluding hydrogens is 220 g/mol.